The summed E-state index contributed by atoms with van der Waals surface area (Å²) in [6.07, 6.45) is 18.0. The molecule has 0 unspecified atom stereocenters. The van der Waals surface area contributed by atoms with Gasteiger partial charge in [-0.3, -0.25) is 0 Å². The first-order chi connectivity index (χ1) is 17.6. The number of fused-ring (bicyclic) bond motifs is 4. The van der Waals surface area contributed by atoms with Crippen LogP contribution in [0.3, 0.4) is 0 Å². The first-order valence-electron chi connectivity index (χ1n) is 15.5. The predicted molar refractivity (Wildman–Crippen MR) is 152 cm³/mol. The predicted octanol–water partition coefficient (Wildman–Crippen LogP) is 8.85. The molecule has 0 radical (unpaired) electrons. The van der Waals surface area contributed by atoms with E-state index in [0.717, 1.165) is 36.0 Å². The lowest BCUT2D eigenvalue weighted by molar-refractivity contribution is -0.160. The van der Waals surface area contributed by atoms with Gasteiger partial charge in [0.1, 0.15) is 0 Å². The Labute approximate surface area is 227 Å². The van der Waals surface area contributed by atoms with Gasteiger partial charge in [-0.1, -0.05) is 63.3 Å². The highest BCUT2D eigenvalue weighted by molar-refractivity contribution is 5.26. The molecule has 1 aromatic carbocycles. The number of hydrogen-bond acceptors (Lipinski definition) is 2. The van der Waals surface area contributed by atoms with Crippen molar-refractivity contribution in [3.05, 3.63) is 48.0 Å². The van der Waals surface area contributed by atoms with Gasteiger partial charge in [-0.2, -0.15) is 0 Å². The Kier molecular flexibility index (Phi) is 6.51. The van der Waals surface area contributed by atoms with Crippen LogP contribution in [-0.2, 0) is 16.1 Å². The van der Waals surface area contributed by atoms with Gasteiger partial charge in [-0.15, -0.1) is 0 Å². The summed E-state index contributed by atoms with van der Waals surface area (Å²) in [7, 11) is 2.02. The molecule has 0 bridgehead atoms. The van der Waals surface area contributed by atoms with Crippen LogP contribution in [0.15, 0.2) is 42.5 Å². The maximum atomic E-state index is 6.33. The van der Waals surface area contributed by atoms with Crippen molar-refractivity contribution >= 4 is 0 Å². The molecule has 0 aliphatic heterocycles. The van der Waals surface area contributed by atoms with Gasteiger partial charge in [0.25, 0.3) is 0 Å². The van der Waals surface area contributed by atoms with Crippen molar-refractivity contribution in [3.63, 3.8) is 0 Å². The number of ether oxygens (including phenoxy) is 2. The summed E-state index contributed by atoms with van der Waals surface area (Å²) in [5, 5.41) is 0. The van der Waals surface area contributed by atoms with E-state index in [9.17, 15) is 0 Å². The van der Waals surface area contributed by atoms with Gasteiger partial charge in [0, 0.05) is 12.5 Å². The van der Waals surface area contributed by atoms with Crippen LogP contribution in [0.5, 0.6) is 0 Å². The standard InChI is InChI=1S/C35H52O2/c1-24(11-10-18-32(2,3)37-23-25-12-8-7-9-13-25)28-14-15-29-27-21-31(36-6)35-22-26(35)16-20-34(35,5)30(27)17-19-33(28,29)4/h7-13,24,26-31H,14-23H2,1-6H3/t24-,26+,27+,28-,29+,30+,31-,33-,34-,35+/m1/s1. The minimum Gasteiger partial charge on any atom is -0.381 e. The summed E-state index contributed by atoms with van der Waals surface area (Å²) in [5.41, 5.74) is 2.68. The molecule has 0 N–H and O–H groups in total. The lowest BCUT2D eigenvalue weighted by Crippen LogP contribution is -2.57. The normalized spacial score (nSPS) is 45.2. The van der Waals surface area contributed by atoms with Crippen molar-refractivity contribution < 1.29 is 9.47 Å². The van der Waals surface area contributed by atoms with Gasteiger partial charge in [0.05, 0.1) is 18.3 Å². The van der Waals surface area contributed by atoms with Crippen LogP contribution in [-0.4, -0.2) is 18.8 Å². The zero-order valence-electron chi connectivity index (χ0n) is 24.5. The molecule has 0 amide bonds. The third-order valence-corrected chi connectivity index (χ3v) is 13.1. The molecule has 6 rings (SSSR count). The summed E-state index contributed by atoms with van der Waals surface area (Å²) >= 11 is 0. The van der Waals surface area contributed by atoms with Crippen molar-refractivity contribution in [1.82, 2.24) is 0 Å². The number of hydrogen-bond donors (Lipinski definition) is 0. The Morgan fingerprint density at radius 3 is 2.54 bits per heavy atom. The highest BCUT2D eigenvalue weighted by atomic mass is 16.5. The third-order valence-electron chi connectivity index (χ3n) is 13.1. The number of allylic oxidation sites excluding steroid dienone is 1. The van der Waals surface area contributed by atoms with Crippen molar-refractivity contribution in [3.8, 4) is 0 Å². The van der Waals surface area contributed by atoms with Crippen molar-refractivity contribution in [2.24, 2.45) is 51.8 Å². The fourth-order valence-corrected chi connectivity index (χ4v) is 11.1. The van der Waals surface area contributed by atoms with E-state index in [0.29, 0.717) is 34.9 Å². The largest absolute Gasteiger partial charge is 0.381 e. The smallest absolute Gasteiger partial charge is 0.0724 e. The second-order valence-electron chi connectivity index (χ2n) is 15.0. The zero-order valence-corrected chi connectivity index (χ0v) is 24.5. The molecular weight excluding hydrogens is 452 g/mol. The minimum absolute atomic E-state index is 0.142. The van der Waals surface area contributed by atoms with Crippen molar-refractivity contribution in [2.45, 2.75) is 111 Å². The highest BCUT2D eigenvalue weighted by Gasteiger charge is 2.77. The number of methoxy groups -OCH3 is 1. The second-order valence-corrected chi connectivity index (χ2v) is 15.0. The number of benzene rings is 1. The molecule has 0 aromatic heterocycles. The fraction of sp³-hybridized carbons (Fsp3) is 0.771. The third kappa shape index (κ3) is 4.02. The van der Waals surface area contributed by atoms with Crippen LogP contribution in [0.2, 0.25) is 0 Å². The van der Waals surface area contributed by atoms with Gasteiger partial charge < -0.3 is 9.47 Å². The average molecular weight is 505 g/mol. The van der Waals surface area contributed by atoms with E-state index in [1.54, 1.807) is 0 Å². The maximum Gasteiger partial charge on any atom is 0.0724 e. The molecular formula is C35H52O2. The summed E-state index contributed by atoms with van der Waals surface area (Å²) in [6, 6.07) is 10.5. The molecule has 10 atom stereocenters. The molecule has 5 aliphatic rings. The quantitative estimate of drug-likeness (QED) is 0.329. The Balaban J connectivity index is 1.11. The summed E-state index contributed by atoms with van der Waals surface area (Å²) in [6.45, 7) is 13.0. The van der Waals surface area contributed by atoms with E-state index in [1.165, 1.54) is 56.9 Å². The Hall–Kier alpha value is -1.12. The van der Waals surface area contributed by atoms with E-state index in [2.05, 4.69) is 77.1 Å². The maximum absolute atomic E-state index is 6.33. The molecule has 5 aliphatic carbocycles. The zero-order chi connectivity index (χ0) is 26.1. The molecule has 1 aromatic rings. The van der Waals surface area contributed by atoms with Crippen molar-refractivity contribution in [1.29, 1.82) is 0 Å². The van der Waals surface area contributed by atoms with E-state index in [1.807, 2.05) is 7.11 Å². The molecule has 2 nitrogen and oxygen atoms in total. The van der Waals surface area contributed by atoms with Gasteiger partial charge in [0.15, 0.2) is 0 Å². The summed E-state index contributed by atoms with van der Waals surface area (Å²) in [5.74, 6) is 5.13. The Morgan fingerprint density at radius 1 is 1.03 bits per heavy atom. The van der Waals surface area contributed by atoms with Crippen LogP contribution in [0.4, 0.5) is 0 Å². The average Bonchev–Trinajstić information content (AvgIpc) is 3.39. The molecule has 0 heterocycles. The van der Waals surface area contributed by atoms with E-state index >= 15 is 0 Å². The van der Waals surface area contributed by atoms with Gasteiger partial charge in [-0.05, 0) is 124 Å². The molecule has 204 valence electrons. The fourth-order valence-electron chi connectivity index (χ4n) is 11.1. The van der Waals surface area contributed by atoms with Crippen molar-refractivity contribution in [2.75, 3.05) is 7.11 Å². The van der Waals surface area contributed by atoms with Crippen LogP contribution < -0.4 is 0 Å². The van der Waals surface area contributed by atoms with E-state index in [4.69, 9.17) is 9.47 Å². The molecule has 2 heteroatoms. The Bertz CT molecular complexity index is 998. The molecule has 37 heavy (non-hydrogen) atoms. The van der Waals surface area contributed by atoms with Crippen LogP contribution in [0.25, 0.3) is 0 Å². The molecule has 5 fully saturated rings. The molecule has 0 saturated heterocycles. The SMILES string of the molecule is CO[C@@H]1C[C@H]2[C@@H]3CC[C@H]([C@H](C)C=CCC(C)(C)OCc4ccccc4)[C@@]3(C)CC[C@@H]2[C@@]2(C)CC[C@H]3C[C@]312. The van der Waals surface area contributed by atoms with Gasteiger partial charge >= 0.3 is 0 Å². The molecule has 5 saturated carbocycles. The molecule has 1 spiro atoms. The van der Waals surface area contributed by atoms with Gasteiger partial charge in [0.2, 0.25) is 0 Å². The topological polar surface area (TPSA) is 18.5 Å². The lowest BCUT2D eigenvalue weighted by Gasteiger charge is -2.61. The van der Waals surface area contributed by atoms with E-state index < -0.39 is 0 Å². The first kappa shape index (κ1) is 26.1. The second kappa shape index (κ2) is 9.22. The van der Waals surface area contributed by atoms with Crippen LogP contribution >= 0.6 is 0 Å². The minimum atomic E-state index is -0.142. The number of rotatable bonds is 8. The highest BCUT2D eigenvalue weighted by Crippen LogP contribution is 2.82. The lowest BCUT2D eigenvalue weighted by atomic mass is 9.45. The van der Waals surface area contributed by atoms with Crippen LogP contribution in [0, 0.1) is 51.8 Å². The summed E-state index contributed by atoms with van der Waals surface area (Å²) < 4.78 is 12.6. The monoisotopic (exact) mass is 504 g/mol. The van der Waals surface area contributed by atoms with Crippen LogP contribution in [0.1, 0.15) is 98.0 Å². The van der Waals surface area contributed by atoms with E-state index in [-0.39, 0.29) is 5.60 Å². The Morgan fingerprint density at radius 2 is 1.81 bits per heavy atom. The van der Waals surface area contributed by atoms with Gasteiger partial charge in [-0.25, -0.2) is 0 Å². The summed E-state index contributed by atoms with van der Waals surface area (Å²) in [4.78, 5) is 0. The first-order valence-corrected chi connectivity index (χ1v) is 15.5.